The molecule has 0 radical (unpaired) electrons. The lowest BCUT2D eigenvalue weighted by atomic mass is 10.0. The molecule has 0 spiro atoms. The number of hydrogen-bond acceptors (Lipinski definition) is 15. The summed E-state index contributed by atoms with van der Waals surface area (Å²) in [4.78, 5) is 72.2. The summed E-state index contributed by atoms with van der Waals surface area (Å²) in [5.41, 5.74) is 0. The number of phosphoric acid groups is 2. The molecule has 0 rings (SSSR count). The quantitative estimate of drug-likeness (QED) is 0.0222. The van der Waals surface area contributed by atoms with E-state index in [1.165, 1.54) is 186 Å². The Hall–Kier alpha value is -1.94. The molecule has 0 saturated heterocycles. The van der Waals surface area contributed by atoms with Gasteiger partial charge < -0.3 is 33.8 Å². The van der Waals surface area contributed by atoms with Gasteiger partial charge in [0.2, 0.25) is 0 Å². The van der Waals surface area contributed by atoms with Gasteiger partial charge in [-0.2, -0.15) is 0 Å². The fourth-order valence-corrected chi connectivity index (χ4v) is 12.1. The third-order valence-electron chi connectivity index (χ3n) is 16.1. The van der Waals surface area contributed by atoms with Gasteiger partial charge in [0.15, 0.2) is 12.2 Å². The third kappa shape index (κ3) is 62.8. The monoisotopic (exact) mass is 1300 g/mol. The second kappa shape index (κ2) is 63.8. The first-order valence-corrected chi connectivity index (χ1v) is 39.3. The van der Waals surface area contributed by atoms with E-state index in [0.29, 0.717) is 25.7 Å². The van der Waals surface area contributed by atoms with E-state index in [-0.39, 0.29) is 25.7 Å². The van der Waals surface area contributed by atoms with Gasteiger partial charge in [-0.05, 0) is 25.7 Å². The molecule has 0 aliphatic heterocycles. The van der Waals surface area contributed by atoms with Crippen molar-refractivity contribution in [3.8, 4) is 0 Å². The number of ether oxygens (including phenoxy) is 4. The SMILES string of the molecule is CCCCCCCCCCCCCCCCCCCCCCC(=O)O[C@H](COC(=O)CCCCCCCCCCCCCCC)COP(=O)(O)OC[C@@H](O)COP(=O)(O)OC[C@@H](COC(=O)CCCCCCC)OC(=O)CCCCCCCCCCCC. The predicted molar refractivity (Wildman–Crippen MR) is 354 cm³/mol. The van der Waals surface area contributed by atoms with Crippen LogP contribution in [0.25, 0.3) is 0 Å². The molecule has 0 saturated carbocycles. The summed E-state index contributed by atoms with van der Waals surface area (Å²) < 4.78 is 68.0. The smallest absolute Gasteiger partial charge is 0.462 e. The Balaban J connectivity index is 5.11. The molecule has 0 aromatic carbocycles. The van der Waals surface area contributed by atoms with Crippen molar-refractivity contribution in [3.05, 3.63) is 0 Å². The zero-order chi connectivity index (χ0) is 64.7. The molecular formula is C69H134O17P2. The van der Waals surface area contributed by atoms with E-state index in [9.17, 15) is 43.2 Å². The molecule has 88 heavy (non-hydrogen) atoms. The van der Waals surface area contributed by atoms with Crippen molar-refractivity contribution in [3.63, 3.8) is 0 Å². The lowest BCUT2D eigenvalue weighted by molar-refractivity contribution is -0.161. The topological polar surface area (TPSA) is 237 Å². The molecule has 0 aromatic heterocycles. The van der Waals surface area contributed by atoms with Crippen LogP contribution in [0.3, 0.4) is 0 Å². The van der Waals surface area contributed by atoms with Crippen LogP contribution >= 0.6 is 15.6 Å². The van der Waals surface area contributed by atoms with Crippen LogP contribution in [-0.2, 0) is 65.4 Å². The normalized spacial score (nSPS) is 14.0. The summed E-state index contributed by atoms with van der Waals surface area (Å²) in [5, 5.41) is 10.5. The number of esters is 4. The number of carbonyl (C=O) groups is 4. The maximum absolute atomic E-state index is 13.0. The van der Waals surface area contributed by atoms with E-state index in [1.54, 1.807) is 0 Å². The molecule has 0 aromatic rings. The minimum atomic E-state index is -4.95. The summed E-state index contributed by atoms with van der Waals surface area (Å²) in [6.07, 6.45) is 51.8. The fraction of sp³-hybridized carbons (Fsp3) is 0.942. The minimum absolute atomic E-state index is 0.106. The molecular weight excluding hydrogens is 1160 g/mol. The van der Waals surface area contributed by atoms with Gasteiger partial charge in [0, 0.05) is 25.7 Å². The van der Waals surface area contributed by atoms with Crippen molar-refractivity contribution < 1.29 is 80.2 Å². The Kier molecular flexibility index (Phi) is 62.4. The maximum atomic E-state index is 13.0. The highest BCUT2D eigenvalue weighted by Gasteiger charge is 2.30. The van der Waals surface area contributed by atoms with E-state index in [4.69, 9.17) is 37.0 Å². The lowest BCUT2D eigenvalue weighted by Gasteiger charge is -2.21. The van der Waals surface area contributed by atoms with Crippen LogP contribution in [0.4, 0.5) is 0 Å². The summed E-state index contributed by atoms with van der Waals surface area (Å²) in [6, 6.07) is 0. The summed E-state index contributed by atoms with van der Waals surface area (Å²) >= 11 is 0. The Labute approximate surface area is 537 Å². The van der Waals surface area contributed by atoms with Crippen LogP contribution in [0.5, 0.6) is 0 Å². The molecule has 0 amide bonds. The average molecular weight is 1300 g/mol. The van der Waals surface area contributed by atoms with Crippen LogP contribution < -0.4 is 0 Å². The first-order chi connectivity index (χ1) is 42.7. The first kappa shape index (κ1) is 86.1. The molecule has 17 nitrogen and oxygen atoms in total. The summed E-state index contributed by atoms with van der Waals surface area (Å²) in [5.74, 6) is -2.13. The van der Waals surface area contributed by atoms with Crippen LogP contribution in [0, 0.1) is 0 Å². The van der Waals surface area contributed by atoms with E-state index >= 15 is 0 Å². The lowest BCUT2D eigenvalue weighted by Crippen LogP contribution is -2.30. The van der Waals surface area contributed by atoms with Gasteiger partial charge in [-0.1, -0.05) is 310 Å². The Morgan fingerprint density at radius 3 is 0.670 bits per heavy atom. The number of phosphoric ester groups is 2. The van der Waals surface area contributed by atoms with Gasteiger partial charge in [0.05, 0.1) is 26.4 Å². The Morgan fingerprint density at radius 2 is 0.455 bits per heavy atom. The number of aliphatic hydroxyl groups excluding tert-OH is 1. The second-order valence-electron chi connectivity index (χ2n) is 24.9. The van der Waals surface area contributed by atoms with Crippen LogP contribution in [0.2, 0.25) is 0 Å². The van der Waals surface area contributed by atoms with Crippen molar-refractivity contribution in [2.45, 2.75) is 380 Å². The number of aliphatic hydroxyl groups is 1. The molecule has 0 fully saturated rings. The van der Waals surface area contributed by atoms with Gasteiger partial charge in [-0.3, -0.25) is 37.3 Å². The molecule has 0 aliphatic rings. The van der Waals surface area contributed by atoms with Crippen LogP contribution in [-0.4, -0.2) is 96.7 Å². The second-order valence-corrected chi connectivity index (χ2v) is 27.8. The average Bonchev–Trinajstić information content (AvgIpc) is 3.56. The van der Waals surface area contributed by atoms with Gasteiger partial charge in [-0.25, -0.2) is 9.13 Å². The molecule has 5 atom stereocenters. The number of rotatable bonds is 70. The third-order valence-corrected chi connectivity index (χ3v) is 18.0. The van der Waals surface area contributed by atoms with Crippen molar-refractivity contribution in [2.75, 3.05) is 39.6 Å². The zero-order valence-corrected chi connectivity index (χ0v) is 58.5. The van der Waals surface area contributed by atoms with Crippen molar-refractivity contribution in [2.24, 2.45) is 0 Å². The van der Waals surface area contributed by atoms with Crippen molar-refractivity contribution in [1.29, 1.82) is 0 Å². The van der Waals surface area contributed by atoms with Gasteiger partial charge in [-0.15, -0.1) is 0 Å². The fourth-order valence-electron chi connectivity index (χ4n) is 10.5. The summed E-state index contributed by atoms with van der Waals surface area (Å²) in [6.45, 7) is 4.84. The maximum Gasteiger partial charge on any atom is 0.472 e. The minimum Gasteiger partial charge on any atom is -0.462 e. The van der Waals surface area contributed by atoms with E-state index in [2.05, 4.69) is 27.7 Å². The van der Waals surface area contributed by atoms with E-state index < -0.39 is 97.5 Å². The van der Waals surface area contributed by atoms with Crippen LogP contribution in [0.1, 0.15) is 362 Å². The molecule has 2 unspecified atom stereocenters. The van der Waals surface area contributed by atoms with Gasteiger partial charge in [0.25, 0.3) is 0 Å². The highest BCUT2D eigenvalue weighted by Crippen LogP contribution is 2.45. The molecule has 19 heteroatoms. The molecule has 0 bridgehead atoms. The highest BCUT2D eigenvalue weighted by atomic mass is 31.2. The standard InChI is InChI=1S/C69H134O17P2/c1-5-9-13-17-20-23-26-28-29-30-31-32-33-34-36-38-41-44-48-52-56-69(74)86-65(60-80-67(72)54-50-46-42-40-37-35-27-24-21-18-14-10-6-2)62-84-88(77,78)82-58-63(70)57-81-87(75,76)83-61-64(59-79-66(71)53-49-45-16-12-8-4)85-68(73)55-51-47-43-39-25-22-19-15-11-7-3/h63-65,70H,5-62H2,1-4H3,(H,75,76)(H,77,78)/t63-,64+,65+/m0/s1. The Morgan fingerprint density at radius 1 is 0.273 bits per heavy atom. The van der Waals surface area contributed by atoms with Gasteiger partial charge >= 0.3 is 39.5 Å². The number of unbranched alkanes of at least 4 members (excludes halogenated alkanes) is 44. The predicted octanol–water partition coefficient (Wildman–Crippen LogP) is 19.9. The van der Waals surface area contributed by atoms with Crippen molar-refractivity contribution >= 4 is 39.5 Å². The molecule has 0 aliphatic carbocycles. The Bertz CT molecular complexity index is 1690. The first-order valence-electron chi connectivity index (χ1n) is 36.3. The van der Waals surface area contributed by atoms with E-state index in [0.717, 1.165) is 96.3 Å². The van der Waals surface area contributed by atoms with Gasteiger partial charge in [0.1, 0.15) is 19.3 Å². The zero-order valence-electron chi connectivity index (χ0n) is 56.7. The molecule has 3 N–H and O–H groups in total. The largest absolute Gasteiger partial charge is 0.472 e. The van der Waals surface area contributed by atoms with Crippen LogP contribution in [0.15, 0.2) is 0 Å². The number of carbonyl (C=O) groups excluding carboxylic acids is 4. The van der Waals surface area contributed by atoms with E-state index in [1.807, 2.05) is 0 Å². The number of hydrogen-bond donors (Lipinski definition) is 3. The molecule has 0 heterocycles. The summed E-state index contributed by atoms with van der Waals surface area (Å²) in [7, 11) is -9.88. The highest BCUT2D eigenvalue weighted by molar-refractivity contribution is 7.47. The van der Waals surface area contributed by atoms with Crippen molar-refractivity contribution in [1.82, 2.24) is 0 Å². The molecule has 522 valence electrons.